The van der Waals surface area contributed by atoms with Gasteiger partial charge in [0.1, 0.15) is 5.82 Å². The first-order valence-electron chi connectivity index (χ1n) is 10.8. The van der Waals surface area contributed by atoms with Gasteiger partial charge in [-0.3, -0.25) is 0 Å². The normalized spacial score (nSPS) is 29.7. The SMILES string of the molecule is CCc1cc(N2CC[C@@]3(CO)CCCN(C)[C@@H]3C2)nc(N2CCCCC2)n1. The van der Waals surface area contributed by atoms with Gasteiger partial charge in [-0.25, -0.2) is 4.98 Å². The van der Waals surface area contributed by atoms with Crippen molar-refractivity contribution in [1.82, 2.24) is 14.9 Å². The molecular formula is C21H35N5O. The zero-order valence-electron chi connectivity index (χ0n) is 17.0. The van der Waals surface area contributed by atoms with E-state index in [2.05, 4.69) is 34.7 Å². The number of hydrogen-bond donors (Lipinski definition) is 1. The first-order chi connectivity index (χ1) is 13.1. The van der Waals surface area contributed by atoms with E-state index in [1.165, 1.54) is 25.7 Å². The molecule has 4 heterocycles. The molecular weight excluding hydrogens is 338 g/mol. The van der Waals surface area contributed by atoms with Crippen molar-refractivity contribution in [3.63, 3.8) is 0 Å². The minimum Gasteiger partial charge on any atom is -0.396 e. The van der Waals surface area contributed by atoms with Gasteiger partial charge in [0.05, 0.1) is 6.61 Å². The van der Waals surface area contributed by atoms with E-state index in [0.29, 0.717) is 12.6 Å². The molecule has 6 heteroatoms. The van der Waals surface area contributed by atoms with Crippen LogP contribution in [0.5, 0.6) is 0 Å². The summed E-state index contributed by atoms with van der Waals surface area (Å²) in [4.78, 5) is 17.1. The summed E-state index contributed by atoms with van der Waals surface area (Å²) >= 11 is 0. The molecule has 0 radical (unpaired) electrons. The number of piperidine rings is 3. The Kier molecular flexibility index (Phi) is 5.55. The molecule has 1 N–H and O–H groups in total. The molecule has 3 aliphatic rings. The summed E-state index contributed by atoms with van der Waals surface area (Å²) in [6, 6.07) is 2.59. The number of aliphatic hydroxyl groups excluding tert-OH is 1. The lowest BCUT2D eigenvalue weighted by Gasteiger charge is -2.53. The Hall–Kier alpha value is -1.40. The van der Waals surface area contributed by atoms with Crippen LogP contribution < -0.4 is 9.80 Å². The number of fused-ring (bicyclic) bond motifs is 1. The van der Waals surface area contributed by atoms with E-state index < -0.39 is 0 Å². The largest absolute Gasteiger partial charge is 0.396 e. The summed E-state index contributed by atoms with van der Waals surface area (Å²) in [5.41, 5.74) is 1.20. The second-order valence-electron chi connectivity index (χ2n) is 8.74. The van der Waals surface area contributed by atoms with Crippen molar-refractivity contribution in [2.45, 2.75) is 57.9 Å². The molecule has 0 spiro atoms. The Labute approximate surface area is 163 Å². The van der Waals surface area contributed by atoms with Gasteiger partial charge in [-0.05, 0) is 58.5 Å². The molecule has 0 bridgehead atoms. The van der Waals surface area contributed by atoms with Gasteiger partial charge in [-0.2, -0.15) is 4.98 Å². The maximum Gasteiger partial charge on any atom is 0.227 e. The molecule has 1 aromatic heterocycles. The number of hydrogen-bond acceptors (Lipinski definition) is 6. The van der Waals surface area contributed by atoms with E-state index >= 15 is 0 Å². The number of aromatic nitrogens is 2. The lowest BCUT2D eigenvalue weighted by molar-refractivity contribution is -0.0277. The van der Waals surface area contributed by atoms with Crippen molar-refractivity contribution in [1.29, 1.82) is 0 Å². The molecule has 0 amide bonds. The molecule has 0 aliphatic carbocycles. The standard InChI is InChI=1S/C21H35N5O/c1-3-17-14-19(23-20(22-17)25-11-5-4-6-12-25)26-13-9-21(16-27)8-7-10-24(2)18(21)15-26/h14,18,27H,3-13,15-16H2,1-2H3/t18-,21-/m1/s1. The Morgan fingerprint density at radius 2 is 1.85 bits per heavy atom. The molecule has 0 saturated carbocycles. The highest BCUT2D eigenvalue weighted by Gasteiger charge is 2.46. The zero-order valence-corrected chi connectivity index (χ0v) is 17.0. The molecule has 27 heavy (non-hydrogen) atoms. The molecule has 3 fully saturated rings. The highest BCUT2D eigenvalue weighted by molar-refractivity contribution is 5.47. The number of likely N-dealkylation sites (tertiary alicyclic amines) is 1. The fourth-order valence-electron chi connectivity index (χ4n) is 5.27. The average molecular weight is 374 g/mol. The molecule has 4 rings (SSSR count). The number of aliphatic hydroxyl groups is 1. The van der Waals surface area contributed by atoms with Gasteiger partial charge in [0, 0.05) is 49.4 Å². The van der Waals surface area contributed by atoms with Crippen LogP contribution in [0.1, 0.15) is 51.1 Å². The predicted molar refractivity (Wildman–Crippen MR) is 109 cm³/mol. The van der Waals surface area contributed by atoms with Gasteiger partial charge in [0.25, 0.3) is 0 Å². The molecule has 1 aromatic rings. The quantitative estimate of drug-likeness (QED) is 0.874. The summed E-state index contributed by atoms with van der Waals surface area (Å²) in [5.74, 6) is 1.99. The maximum atomic E-state index is 10.2. The fourth-order valence-corrected chi connectivity index (χ4v) is 5.27. The van der Waals surface area contributed by atoms with Gasteiger partial charge in [0.2, 0.25) is 5.95 Å². The predicted octanol–water partition coefficient (Wildman–Crippen LogP) is 2.31. The zero-order chi connectivity index (χ0) is 18.9. The van der Waals surface area contributed by atoms with Crippen molar-refractivity contribution < 1.29 is 5.11 Å². The molecule has 3 aliphatic heterocycles. The minimum absolute atomic E-state index is 0.0693. The Morgan fingerprint density at radius 1 is 1.04 bits per heavy atom. The number of nitrogens with zero attached hydrogens (tertiary/aromatic N) is 5. The van der Waals surface area contributed by atoms with Crippen LogP contribution in [0.15, 0.2) is 6.07 Å². The minimum atomic E-state index is 0.0693. The van der Waals surface area contributed by atoms with Gasteiger partial charge in [-0.1, -0.05) is 6.92 Å². The van der Waals surface area contributed by atoms with E-state index in [1.807, 2.05) is 0 Å². The van der Waals surface area contributed by atoms with Crippen LogP contribution >= 0.6 is 0 Å². The van der Waals surface area contributed by atoms with Gasteiger partial charge in [-0.15, -0.1) is 0 Å². The summed E-state index contributed by atoms with van der Waals surface area (Å²) in [5, 5.41) is 10.2. The van der Waals surface area contributed by atoms with Crippen LogP contribution in [-0.2, 0) is 6.42 Å². The van der Waals surface area contributed by atoms with Gasteiger partial charge >= 0.3 is 0 Å². The Balaban J connectivity index is 1.59. The number of aryl methyl sites for hydroxylation is 1. The van der Waals surface area contributed by atoms with E-state index in [-0.39, 0.29) is 5.41 Å². The molecule has 6 nitrogen and oxygen atoms in total. The number of likely N-dealkylation sites (N-methyl/N-ethyl adjacent to an activating group) is 1. The number of anilines is 2. The van der Waals surface area contributed by atoms with E-state index in [9.17, 15) is 5.11 Å². The van der Waals surface area contributed by atoms with Crippen LogP contribution in [0.25, 0.3) is 0 Å². The first kappa shape index (κ1) is 18.9. The highest BCUT2D eigenvalue weighted by atomic mass is 16.3. The molecule has 150 valence electrons. The summed E-state index contributed by atoms with van der Waals surface area (Å²) in [6.45, 7) is 7.69. The average Bonchev–Trinajstić information content (AvgIpc) is 2.74. The molecule has 0 unspecified atom stereocenters. The van der Waals surface area contributed by atoms with E-state index in [0.717, 1.165) is 69.4 Å². The number of rotatable bonds is 4. The van der Waals surface area contributed by atoms with Crippen LogP contribution in [0.3, 0.4) is 0 Å². The highest BCUT2D eigenvalue weighted by Crippen LogP contribution is 2.42. The topological polar surface area (TPSA) is 55.7 Å². The monoisotopic (exact) mass is 373 g/mol. The molecule has 0 aromatic carbocycles. The van der Waals surface area contributed by atoms with Crippen LogP contribution in [0, 0.1) is 5.41 Å². The van der Waals surface area contributed by atoms with Gasteiger partial charge in [0.15, 0.2) is 0 Å². The summed E-state index contributed by atoms with van der Waals surface area (Å²) in [7, 11) is 2.22. The third-order valence-electron chi connectivity index (χ3n) is 7.09. The van der Waals surface area contributed by atoms with Crippen LogP contribution in [0.2, 0.25) is 0 Å². The van der Waals surface area contributed by atoms with Crippen molar-refractivity contribution in [2.75, 3.05) is 56.2 Å². The third-order valence-corrected chi connectivity index (χ3v) is 7.09. The van der Waals surface area contributed by atoms with E-state index in [1.54, 1.807) is 0 Å². The molecule has 2 atom stereocenters. The third kappa shape index (κ3) is 3.66. The first-order valence-corrected chi connectivity index (χ1v) is 10.8. The summed E-state index contributed by atoms with van der Waals surface area (Å²) in [6.07, 6.45) is 8.13. The second kappa shape index (κ2) is 7.92. The van der Waals surface area contributed by atoms with Crippen molar-refractivity contribution >= 4 is 11.8 Å². The van der Waals surface area contributed by atoms with E-state index in [4.69, 9.17) is 9.97 Å². The van der Waals surface area contributed by atoms with Gasteiger partial charge < -0.3 is 19.8 Å². The van der Waals surface area contributed by atoms with Crippen molar-refractivity contribution in [3.8, 4) is 0 Å². The Morgan fingerprint density at radius 3 is 2.59 bits per heavy atom. The Bertz CT molecular complexity index is 647. The smallest absolute Gasteiger partial charge is 0.227 e. The fraction of sp³-hybridized carbons (Fsp3) is 0.810. The van der Waals surface area contributed by atoms with Crippen LogP contribution in [0.4, 0.5) is 11.8 Å². The second-order valence-corrected chi connectivity index (χ2v) is 8.74. The lowest BCUT2D eigenvalue weighted by Crippen LogP contribution is -2.61. The van der Waals surface area contributed by atoms with Crippen molar-refractivity contribution in [3.05, 3.63) is 11.8 Å². The maximum absolute atomic E-state index is 10.2. The van der Waals surface area contributed by atoms with Crippen LogP contribution in [-0.4, -0.2) is 72.4 Å². The lowest BCUT2D eigenvalue weighted by atomic mass is 9.69. The van der Waals surface area contributed by atoms with Crippen molar-refractivity contribution in [2.24, 2.45) is 5.41 Å². The molecule has 3 saturated heterocycles. The summed E-state index contributed by atoms with van der Waals surface area (Å²) < 4.78 is 0.